The molecule has 138 valence electrons. The number of carbonyl (C=O) groups is 2. The molecule has 0 fully saturated rings. The number of amides is 1. The largest absolute Gasteiger partial charge is 0.493 e. The molecule has 1 N–H and O–H groups in total. The fourth-order valence-electron chi connectivity index (χ4n) is 2.51. The third kappa shape index (κ3) is 5.09. The van der Waals surface area contributed by atoms with Gasteiger partial charge >= 0.3 is 5.97 Å². The van der Waals surface area contributed by atoms with Crippen molar-refractivity contribution in [1.82, 2.24) is 5.32 Å². The summed E-state index contributed by atoms with van der Waals surface area (Å²) in [6.45, 7) is 7.94. The van der Waals surface area contributed by atoms with Crippen LogP contribution in [0.15, 0.2) is 48.5 Å². The second kappa shape index (κ2) is 9.04. The first-order valence-corrected chi connectivity index (χ1v) is 8.73. The van der Waals surface area contributed by atoms with Crippen LogP contribution in [0.25, 0.3) is 0 Å². The van der Waals surface area contributed by atoms with E-state index in [1.165, 1.54) is 0 Å². The highest BCUT2D eigenvalue weighted by atomic mass is 16.5. The molecule has 0 radical (unpaired) electrons. The Kier molecular flexibility index (Phi) is 6.78. The van der Waals surface area contributed by atoms with Gasteiger partial charge in [-0.25, -0.2) is 4.79 Å². The Morgan fingerprint density at radius 2 is 1.81 bits per heavy atom. The minimum Gasteiger partial charge on any atom is -0.493 e. The molecule has 2 aromatic carbocycles. The maximum atomic E-state index is 12.7. The lowest BCUT2D eigenvalue weighted by molar-refractivity contribution is -0.137. The molecule has 0 spiro atoms. The molecule has 0 saturated carbocycles. The number of para-hydroxylation sites is 1. The van der Waals surface area contributed by atoms with Crippen molar-refractivity contribution in [3.05, 3.63) is 59.7 Å². The normalized spacial score (nSPS) is 11.7. The van der Waals surface area contributed by atoms with Crippen molar-refractivity contribution < 1.29 is 19.1 Å². The van der Waals surface area contributed by atoms with Crippen molar-refractivity contribution in [2.75, 3.05) is 6.61 Å². The van der Waals surface area contributed by atoms with Gasteiger partial charge in [-0.3, -0.25) is 4.79 Å². The molecule has 5 nitrogen and oxygen atoms in total. The first kappa shape index (κ1) is 19.5. The third-order valence-electron chi connectivity index (χ3n) is 3.85. The summed E-state index contributed by atoms with van der Waals surface area (Å²) >= 11 is 0. The summed E-state index contributed by atoms with van der Waals surface area (Å²) in [6, 6.07) is 13.4. The summed E-state index contributed by atoms with van der Waals surface area (Å²) in [5.74, 6) is -0.0380. The summed E-state index contributed by atoms with van der Waals surface area (Å²) in [5, 5.41) is 2.77. The molecule has 1 amide bonds. The number of rotatable bonds is 7. The van der Waals surface area contributed by atoms with E-state index >= 15 is 0 Å². The van der Waals surface area contributed by atoms with Crippen molar-refractivity contribution in [3.63, 3.8) is 0 Å². The number of aryl methyl sites for hydroxylation is 1. The molecular weight excluding hydrogens is 330 g/mol. The number of hydrogen-bond donors (Lipinski definition) is 1. The van der Waals surface area contributed by atoms with Gasteiger partial charge in [0.2, 0.25) is 0 Å². The Labute approximate surface area is 154 Å². The van der Waals surface area contributed by atoms with Gasteiger partial charge in [-0.15, -0.1) is 0 Å². The third-order valence-corrected chi connectivity index (χ3v) is 3.85. The molecule has 2 rings (SSSR count). The average Bonchev–Trinajstić information content (AvgIpc) is 2.60. The van der Waals surface area contributed by atoms with Gasteiger partial charge in [-0.2, -0.15) is 0 Å². The molecule has 0 bridgehead atoms. The monoisotopic (exact) mass is 355 g/mol. The zero-order chi connectivity index (χ0) is 19.1. The van der Waals surface area contributed by atoms with Crippen molar-refractivity contribution in [3.8, 4) is 11.5 Å². The van der Waals surface area contributed by atoms with E-state index in [2.05, 4.69) is 5.32 Å². The summed E-state index contributed by atoms with van der Waals surface area (Å²) < 4.78 is 10.9. The lowest BCUT2D eigenvalue weighted by Crippen LogP contribution is -2.46. The van der Waals surface area contributed by atoms with Crippen LogP contribution in [-0.2, 0) is 4.79 Å². The number of esters is 1. The van der Waals surface area contributed by atoms with E-state index < -0.39 is 12.0 Å². The van der Waals surface area contributed by atoms with Crippen molar-refractivity contribution in [2.45, 2.75) is 33.7 Å². The molecule has 0 aliphatic rings. The Balaban J connectivity index is 2.15. The zero-order valence-corrected chi connectivity index (χ0v) is 15.6. The highest BCUT2D eigenvalue weighted by Crippen LogP contribution is 2.19. The van der Waals surface area contributed by atoms with E-state index in [9.17, 15) is 9.59 Å². The topological polar surface area (TPSA) is 64.6 Å². The van der Waals surface area contributed by atoms with Crippen molar-refractivity contribution in [1.29, 1.82) is 0 Å². The van der Waals surface area contributed by atoms with Gasteiger partial charge in [0, 0.05) is 0 Å². The summed E-state index contributed by atoms with van der Waals surface area (Å²) in [5.41, 5.74) is 1.38. The van der Waals surface area contributed by atoms with Crippen LogP contribution < -0.4 is 14.8 Å². The predicted molar refractivity (Wildman–Crippen MR) is 101 cm³/mol. The molecule has 0 saturated heterocycles. The fourth-order valence-corrected chi connectivity index (χ4v) is 2.51. The van der Waals surface area contributed by atoms with Gasteiger partial charge in [0.15, 0.2) is 0 Å². The van der Waals surface area contributed by atoms with Crippen LogP contribution in [0, 0.1) is 12.8 Å². The molecule has 0 unspecified atom stereocenters. The van der Waals surface area contributed by atoms with Crippen LogP contribution in [0.2, 0.25) is 0 Å². The molecule has 2 aromatic rings. The Morgan fingerprint density at radius 1 is 1.08 bits per heavy atom. The quantitative estimate of drug-likeness (QED) is 0.607. The molecule has 0 aliphatic carbocycles. The Bertz CT molecular complexity index is 770. The van der Waals surface area contributed by atoms with Gasteiger partial charge in [0.1, 0.15) is 17.5 Å². The van der Waals surface area contributed by atoms with Gasteiger partial charge in [-0.1, -0.05) is 38.1 Å². The number of nitrogens with one attached hydrogen (secondary N) is 1. The van der Waals surface area contributed by atoms with E-state index in [1.54, 1.807) is 36.4 Å². The fraction of sp³-hybridized carbons (Fsp3) is 0.333. The van der Waals surface area contributed by atoms with Crippen molar-refractivity contribution >= 4 is 11.9 Å². The molecule has 26 heavy (non-hydrogen) atoms. The number of carbonyl (C=O) groups excluding carboxylic acids is 2. The average molecular weight is 355 g/mol. The van der Waals surface area contributed by atoms with Gasteiger partial charge in [0.25, 0.3) is 5.91 Å². The summed E-state index contributed by atoms with van der Waals surface area (Å²) in [4.78, 5) is 25.2. The second-order valence-electron chi connectivity index (χ2n) is 6.36. The van der Waals surface area contributed by atoms with Gasteiger partial charge in [0.05, 0.1) is 12.2 Å². The SMILES string of the molecule is CCOc1ccccc1C(=O)N[C@H](C(=O)Oc1cccc(C)c1)C(C)C. The predicted octanol–water partition coefficient (Wildman–Crippen LogP) is 3.75. The summed E-state index contributed by atoms with van der Waals surface area (Å²) in [7, 11) is 0. The first-order valence-electron chi connectivity index (χ1n) is 8.73. The molecule has 0 heterocycles. The minimum atomic E-state index is -0.766. The van der Waals surface area contributed by atoms with Crippen LogP contribution in [-0.4, -0.2) is 24.5 Å². The minimum absolute atomic E-state index is 0.129. The summed E-state index contributed by atoms with van der Waals surface area (Å²) in [6.07, 6.45) is 0. The molecule has 1 atom stereocenters. The van der Waals surface area contributed by atoms with E-state index in [4.69, 9.17) is 9.47 Å². The maximum Gasteiger partial charge on any atom is 0.334 e. The van der Waals surface area contributed by atoms with Crippen LogP contribution in [0.4, 0.5) is 0 Å². The van der Waals surface area contributed by atoms with Crippen molar-refractivity contribution in [2.24, 2.45) is 5.92 Å². The van der Waals surface area contributed by atoms with Crippen LogP contribution in [0.1, 0.15) is 36.7 Å². The highest BCUT2D eigenvalue weighted by molar-refractivity contribution is 5.99. The second-order valence-corrected chi connectivity index (χ2v) is 6.36. The number of ether oxygens (including phenoxy) is 2. The van der Waals surface area contributed by atoms with Gasteiger partial charge < -0.3 is 14.8 Å². The lowest BCUT2D eigenvalue weighted by Gasteiger charge is -2.21. The van der Waals surface area contributed by atoms with E-state index in [0.29, 0.717) is 23.7 Å². The number of hydrogen-bond acceptors (Lipinski definition) is 4. The Morgan fingerprint density at radius 3 is 2.46 bits per heavy atom. The number of benzene rings is 2. The van der Waals surface area contributed by atoms with Gasteiger partial charge in [-0.05, 0) is 49.6 Å². The zero-order valence-electron chi connectivity index (χ0n) is 15.6. The van der Waals surface area contributed by atoms with E-state index in [0.717, 1.165) is 5.56 Å². The van der Waals surface area contributed by atoms with E-state index in [-0.39, 0.29) is 11.8 Å². The molecule has 0 aliphatic heterocycles. The lowest BCUT2D eigenvalue weighted by atomic mass is 10.0. The van der Waals surface area contributed by atoms with Crippen LogP contribution in [0.5, 0.6) is 11.5 Å². The van der Waals surface area contributed by atoms with Crippen LogP contribution in [0.3, 0.4) is 0 Å². The maximum absolute atomic E-state index is 12.7. The van der Waals surface area contributed by atoms with E-state index in [1.807, 2.05) is 39.8 Å². The molecular formula is C21H25NO4. The Hall–Kier alpha value is -2.82. The first-order chi connectivity index (χ1) is 12.4. The standard InChI is InChI=1S/C21H25NO4/c1-5-25-18-12-7-6-11-17(18)20(23)22-19(14(2)3)21(24)26-16-10-8-9-15(4)13-16/h6-14,19H,5H2,1-4H3,(H,22,23)/t19-/m0/s1. The molecule has 0 aromatic heterocycles. The smallest absolute Gasteiger partial charge is 0.334 e. The highest BCUT2D eigenvalue weighted by Gasteiger charge is 2.27. The van der Waals surface area contributed by atoms with Crippen LogP contribution >= 0.6 is 0 Å². The molecule has 5 heteroatoms.